The lowest BCUT2D eigenvalue weighted by Gasteiger charge is -2.11. The molecule has 0 spiro atoms. The minimum atomic E-state index is 0.728. The molecule has 0 aliphatic heterocycles. The molecule has 0 unspecified atom stereocenters. The van der Waals surface area contributed by atoms with Crippen molar-refractivity contribution in [2.45, 2.75) is 13.0 Å². The van der Waals surface area contributed by atoms with E-state index in [1.165, 1.54) is 0 Å². The van der Waals surface area contributed by atoms with Crippen LogP contribution in [-0.2, 0) is 6.54 Å². The van der Waals surface area contributed by atoms with Crippen molar-refractivity contribution in [2.75, 3.05) is 27.2 Å². The minimum absolute atomic E-state index is 0.728. The number of hydrogen-bond acceptors (Lipinski definition) is 2. The lowest BCUT2D eigenvalue weighted by atomic mass is 10.2. The van der Waals surface area contributed by atoms with Crippen molar-refractivity contribution in [2.24, 2.45) is 0 Å². The molecule has 90 valence electrons. The van der Waals surface area contributed by atoms with Crippen LogP contribution in [0.4, 0.5) is 0 Å². The number of benzene rings is 1. The summed E-state index contributed by atoms with van der Waals surface area (Å²) >= 11 is 12.1. The summed E-state index contributed by atoms with van der Waals surface area (Å²) < 4.78 is 0. The number of nitrogens with one attached hydrogen (secondary N) is 1. The van der Waals surface area contributed by atoms with Crippen molar-refractivity contribution in [3.05, 3.63) is 33.8 Å². The second-order valence-electron chi connectivity index (χ2n) is 4.03. The summed E-state index contributed by atoms with van der Waals surface area (Å²) in [5.74, 6) is 0. The normalized spacial score (nSPS) is 11.1. The Morgan fingerprint density at radius 3 is 2.38 bits per heavy atom. The van der Waals surface area contributed by atoms with Crippen molar-refractivity contribution in [1.29, 1.82) is 0 Å². The van der Waals surface area contributed by atoms with Crippen molar-refractivity contribution in [3.8, 4) is 0 Å². The molecule has 0 aromatic heterocycles. The van der Waals surface area contributed by atoms with Gasteiger partial charge in [-0.15, -0.1) is 0 Å². The van der Waals surface area contributed by atoms with Gasteiger partial charge in [-0.2, -0.15) is 0 Å². The van der Waals surface area contributed by atoms with E-state index in [0.717, 1.165) is 41.7 Å². The predicted octanol–water partition coefficient (Wildman–Crippen LogP) is 3.03. The van der Waals surface area contributed by atoms with E-state index in [2.05, 4.69) is 24.3 Å². The second-order valence-corrected chi connectivity index (χ2v) is 4.85. The summed E-state index contributed by atoms with van der Waals surface area (Å²) in [6.45, 7) is 2.79. The molecule has 0 amide bonds. The van der Waals surface area contributed by atoms with Crippen LogP contribution in [0.25, 0.3) is 0 Å². The van der Waals surface area contributed by atoms with Gasteiger partial charge in [-0.1, -0.05) is 29.3 Å². The number of hydrogen-bond donors (Lipinski definition) is 1. The largest absolute Gasteiger partial charge is 0.313 e. The first-order valence-corrected chi connectivity index (χ1v) is 6.15. The Hall–Kier alpha value is -0.280. The van der Waals surface area contributed by atoms with Gasteiger partial charge in [0.2, 0.25) is 0 Å². The van der Waals surface area contributed by atoms with Crippen LogP contribution in [0, 0.1) is 0 Å². The molecule has 0 heterocycles. The topological polar surface area (TPSA) is 15.3 Å². The summed E-state index contributed by atoms with van der Waals surface area (Å²) in [7, 11) is 4.15. The van der Waals surface area contributed by atoms with Gasteiger partial charge in [-0.25, -0.2) is 0 Å². The Balaban J connectivity index is 2.32. The molecule has 0 fully saturated rings. The Morgan fingerprint density at radius 1 is 1.19 bits per heavy atom. The van der Waals surface area contributed by atoms with Crippen molar-refractivity contribution in [1.82, 2.24) is 10.2 Å². The summed E-state index contributed by atoms with van der Waals surface area (Å²) in [4.78, 5) is 2.17. The predicted molar refractivity (Wildman–Crippen MR) is 71.3 cm³/mol. The Labute approximate surface area is 108 Å². The molecule has 0 radical (unpaired) electrons. The van der Waals surface area contributed by atoms with Crippen LogP contribution >= 0.6 is 23.2 Å². The molecule has 0 saturated heterocycles. The fraction of sp³-hybridized carbons (Fsp3) is 0.500. The third-order valence-corrected chi connectivity index (χ3v) is 3.03. The SMILES string of the molecule is CN(C)CCCNCc1c(Cl)cccc1Cl. The van der Waals surface area contributed by atoms with Crippen LogP contribution in [0.3, 0.4) is 0 Å². The molecule has 2 nitrogen and oxygen atoms in total. The van der Waals surface area contributed by atoms with Crippen LogP contribution in [0.15, 0.2) is 18.2 Å². The maximum Gasteiger partial charge on any atom is 0.0465 e. The third kappa shape index (κ3) is 4.71. The first-order valence-electron chi connectivity index (χ1n) is 5.39. The van der Waals surface area contributed by atoms with Gasteiger partial charge >= 0.3 is 0 Å². The third-order valence-electron chi connectivity index (χ3n) is 2.32. The van der Waals surface area contributed by atoms with Crippen LogP contribution < -0.4 is 5.32 Å². The Morgan fingerprint density at radius 2 is 1.81 bits per heavy atom. The van der Waals surface area contributed by atoms with Gasteiger partial charge in [-0.05, 0) is 45.7 Å². The first kappa shape index (κ1) is 13.8. The molecule has 1 aromatic carbocycles. The number of halogens is 2. The fourth-order valence-electron chi connectivity index (χ4n) is 1.43. The van der Waals surface area contributed by atoms with Crippen LogP contribution in [-0.4, -0.2) is 32.1 Å². The highest BCUT2D eigenvalue weighted by Crippen LogP contribution is 2.23. The van der Waals surface area contributed by atoms with Crippen molar-refractivity contribution in [3.63, 3.8) is 0 Å². The van der Waals surface area contributed by atoms with Crippen LogP contribution in [0.2, 0.25) is 10.0 Å². The zero-order valence-electron chi connectivity index (χ0n) is 9.76. The summed E-state index contributed by atoms with van der Waals surface area (Å²) in [5, 5.41) is 4.80. The molecule has 1 rings (SSSR count). The fourth-order valence-corrected chi connectivity index (χ4v) is 1.97. The first-order chi connectivity index (χ1) is 7.61. The van der Waals surface area contributed by atoms with E-state index in [4.69, 9.17) is 23.2 Å². The summed E-state index contributed by atoms with van der Waals surface area (Å²) in [6.07, 6.45) is 1.12. The number of rotatable bonds is 6. The quantitative estimate of drug-likeness (QED) is 0.792. The van der Waals surface area contributed by atoms with Crippen molar-refractivity contribution < 1.29 is 0 Å². The van der Waals surface area contributed by atoms with Crippen molar-refractivity contribution >= 4 is 23.2 Å². The molecule has 0 saturated carbocycles. The highest BCUT2D eigenvalue weighted by molar-refractivity contribution is 6.35. The standard InChI is InChI=1S/C12H18Cl2N2/c1-16(2)8-4-7-15-9-10-11(13)5-3-6-12(10)14/h3,5-6,15H,4,7-9H2,1-2H3. The monoisotopic (exact) mass is 260 g/mol. The smallest absolute Gasteiger partial charge is 0.0465 e. The van der Waals surface area contributed by atoms with E-state index in [1.807, 2.05) is 18.2 Å². The molecule has 0 atom stereocenters. The van der Waals surface area contributed by atoms with Gasteiger partial charge in [-0.3, -0.25) is 0 Å². The van der Waals surface area contributed by atoms with Gasteiger partial charge in [0, 0.05) is 22.2 Å². The van der Waals surface area contributed by atoms with E-state index in [-0.39, 0.29) is 0 Å². The maximum absolute atomic E-state index is 6.06. The van der Waals surface area contributed by atoms with Gasteiger partial charge < -0.3 is 10.2 Å². The highest BCUT2D eigenvalue weighted by Gasteiger charge is 2.03. The van der Waals surface area contributed by atoms with Gasteiger partial charge in [0.15, 0.2) is 0 Å². The number of nitrogens with zero attached hydrogens (tertiary/aromatic N) is 1. The highest BCUT2D eigenvalue weighted by atomic mass is 35.5. The van der Waals surface area contributed by atoms with Crippen LogP contribution in [0.5, 0.6) is 0 Å². The van der Waals surface area contributed by atoms with E-state index >= 15 is 0 Å². The molecule has 1 N–H and O–H groups in total. The molecule has 1 aromatic rings. The van der Waals surface area contributed by atoms with Gasteiger partial charge in [0.1, 0.15) is 0 Å². The van der Waals surface area contributed by atoms with Crippen LogP contribution in [0.1, 0.15) is 12.0 Å². The van der Waals surface area contributed by atoms with Gasteiger partial charge in [0.05, 0.1) is 0 Å². The average Bonchev–Trinajstić information content (AvgIpc) is 2.21. The summed E-state index contributed by atoms with van der Waals surface area (Å²) in [5.41, 5.74) is 0.982. The molecule has 0 aliphatic carbocycles. The molecule has 16 heavy (non-hydrogen) atoms. The molecular formula is C12H18Cl2N2. The van der Waals surface area contributed by atoms with E-state index in [0.29, 0.717) is 0 Å². The minimum Gasteiger partial charge on any atom is -0.313 e. The van der Waals surface area contributed by atoms with E-state index in [9.17, 15) is 0 Å². The second kappa shape index (κ2) is 7.13. The Bertz CT molecular complexity index is 307. The zero-order chi connectivity index (χ0) is 12.0. The van der Waals surface area contributed by atoms with Gasteiger partial charge in [0.25, 0.3) is 0 Å². The summed E-state index contributed by atoms with van der Waals surface area (Å²) in [6, 6.07) is 5.59. The van der Waals surface area contributed by atoms with E-state index in [1.54, 1.807) is 0 Å². The molecule has 0 bridgehead atoms. The zero-order valence-corrected chi connectivity index (χ0v) is 11.3. The Kier molecular flexibility index (Phi) is 6.14. The lowest BCUT2D eigenvalue weighted by Crippen LogP contribution is -2.21. The molecule has 0 aliphatic rings. The molecular weight excluding hydrogens is 243 g/mol. The van der Waals surface area contributed by atoms with E-state index < -0.39 is 0 Å². The lowest BCUT2D eigenvalue weighted by molar-refractivity contribution is 0.394. The maximum atomic E-state index is 6.06. The average molecular weight is 261 g/mol. The molecule has 4 heteroatoms.